The first-order valence-corrected chi connectivity index (χ1v) is 7.19. The molecule has 0 saturated heterocycles. The van der Waals surface area contributed by atoms with Crippen molar-refractivity contribution in [3.63, 3.8) is 0 Å². The van der Waals surface area contributed by atoms with Crippen molar-refractivity contribution in [2.24, 2.45) is 0 Å². The van der Waals surface area contributed by atoms with Gasteiger partial charge in [-0.1, -0.05) is 0 Å². The third kappa shape index (κ3) is 2.83. The van der Waals surface area contributed by atoms with Gasteiger partial charge in [0, 0.05) is 12.1 Å². The van der Waals surface area contributed by atoms with E-state index in [4.69, 9.17) is 23.7 Å². The molecule has 0 amide bonds. The number of anilines is 1. The van der Waals surface area contributed by atoms with E-state index in [0.29, 0.717) is 17.2 Å². The summed E-state index contributed by atoms with van der Waals surface area (Å²) in [6.45, 7) is -0.132. The molecule has 0 spiro atoms. The predicted octanol–water partition coefficient (Wildman–Crippen LogP) is 0.681. The van der Waals surface area contributed by atoms with Gasteiger partial charge in [0.1, 0.15) is 18.5 Å². The zero-order valence-corrected chi connectivity index (χ0v) is 13.5. The fourth-order valence-corrected chi connectivity index (χ4v) is 2.58. The second-order valence-electron chi connectivity index (χ2n) is 5.05. The summed E-state index contributed by atoms with van der Waals surface area (Å²) < 4.78 is 25.5. The standard InChI is InChI=1S/C16H14N2O7/c1-21-15(19)10-6-23-7-18(14(10)16(20)22-2)11-4-13-12(24-8-25-13)3-9(11)5-17/h3-4H,6-8H2,1-2H3. The normalized spacial score (nSPS) is 15.6. The second-order valence-corrected chi connectivity index (χ2v) is 5.05. The fourth-order valence-electron chi connectivity index (χ4n) is 2.58. The minimum absolute atomic E-state index is 0.00200. The molecule has 0 bridgehead atoms. The smallest absolute Gasteiger partial charge is 0.355 e. The Morgan fingerprint density at radius 1 is 1.16 bits per heavy atom. The quantitative estimate of drug-likeness (QED) is 0.730. The lowest BCUT2D eigenvalue weighted by molar-refractivity contribution is -0.140. The number of nitriles is 1. The molecule has 2 heterocycles. The zero-order chi connectivity index (χ0) is 18.0. The lowest BCUT2D eigenvalue weighted by Crippen LogP contribution is -2.39. The van der Waals surface area contributed by atoms with E-state index in [1.165, 1.54) is 25.2 Å². The van der Waals surface area contributed by atoms with Crippen LogP contribution in [0.1, 0.15) is 5.56 Å². The minimum Gasteiger partial charge on any atom is -0.466 e. The first kappa shape index (κ1) is 16.6. The molecule has 0 N–H and O–H groups in total. The molecule has 9 heteroatoms. The molecule has 1 aromatic rings. The maximum atomic E-state index is 12.3. The fraction of sp³-hybridized carbons (Fsp3) is 0.312. The maximum absolute atomic E-state index is 12.3. The van der Waals surface area contributed by atoms with E-state index in [-0.39, 0.29) is 37.0 Å². The summed E-state index contributed by atoms with van der Waals surface area (Å²) in [4.78, 5) is 25.7. The van der Waals surface area contributed by atoms with Crippen LogP contribution in [0.4, 0.5) is 5.69 Å². The summed E-state index contributed by atoms with van der Waals surface area (Å²) in [5, 5.41) is 9.45. The van der Waals surface area contributed by atoms with Crippen LogP contribution in [0, 0.1) is 11.3 Å². The molecule has 1 aromatic carbocycles. The Morgan fingerprint density at radius 2 is 1.84 bits per heavy atom. The molecule has 2 aliphatic rings. The van der Waals surface area contributed by atoms with E-state index in [0.717, 1.165) is 0 Å². The van der Waals surface area contributed by atoms with E-state index >= 15 is 0 Å². The molecule has 130 valence electrons. The van der Waals surface area contributed by atoms with Crippen LogP contribution in [0.5, 0.6) is 11.5 Å². The van der Waals surface area contributed by atoms with Gasteiger partial charge in [0.2, 0.25) is 6.79 Å². The molecule has 0 saturated carbocycles. The van der Waals surface area contributed by atoms with Crippen LogP contribution in [-0.4, -0.2) is 46.3 Å². The highest BCUT2D eigenvalue weighted by Crippen LogP contribution is 2.40. The highest BCUT2D eigenvalue weighted by molar-refractivity contribution is 6.03. The number of esters is 2. The molecular weight excluding hydrogens is 332 g/mol. The number of methoxy groups -OCH3 is 2. The first-order chi connectivity index (χ1) is 12.1. The molecule has 3 rings (SSSR count). The highest BCUT2D eigenvalue weighted by atomic mass is 16.7. The summed E-state index contributed by atoms with van der Waals surface area (Å²) in [6, 6.07) is 5.08. The third-order valence-corrected chi connectivity index (χ3v) is 3.74. The van der Waals surface area contributed by atoms with Crippen molar-refractivity contribution < 1.29 is 33.3 Å². The van der Waals surface area contributed by atoms with Gasteiger partial charge in [-0.2, -0.15) is 5.26 Å². The number of ether oxygens (including phenoxy) is 5. The summed E-state index contributed by atoms with van der Waals surface area (Å²) in [5.41, 5.74) is 0.506. The zero-order valence-electron chi connectivity index (χ0n) is 13.5. The summed E-state index contributed by atoms with van der Waals surface area (Å²) in [6.07, 6.45) is 0. The van der Waals surface area contributed by atoms with Gasteiger partial charge >= 0.3 is 11.9 Å². The van der Waals surface area contributed by atoms with Crippen LogP contribution < -0.4 is 14.4 Å². The van der Waals surface area contributed by atoms with Crippen molar-refractivity contribution in [3.05, 3.63) is 29.0 Å². The molecule has 0 fully saturated rings. The maximum Gasteiger partial charge on any atom is 0.355 e. The van der Waals surface area contributed by atoms with Crippen molar-refractivity contribution in [1.82, 2.24) is 0 Å². The third-order valence-electron chi connectivity index (χ3n) is 3.74. The first-order valence-electron chi connectivity index (χ1n) is 7.19. The van der Waals surface area contributed by atoms with Gasteiger partial charge in [0.05, 0.1) is 37.7 Å². The molecular formula is C16H14N2O7. The van der Waals surface area contributed by atoms with Crippen LogP contribution in [0.15, 0.2) is 23.4 Å². The van der Waals surface area contributed by atoms with Crippen molar-refractivity contribution in [2.45, 2.75) is 0 Å². The van der Waals surface area contributed by atoms with E-state index in [2.05, 4.69) is 0 Å². The predicted molar refractivity (Wildman–Crippen MR) is 81.6 cm³/mol. The molecule has 2 aliphatic heterocycles. The van der Waals surface area contributed by atoms with Crippen LogP contribution >= 0.6 is 0 Å². The lowest BCUT2D eigenvalue weighted by Gasteiger charge is -2.31. The van der Waals surface area contributed by atoms with E-state index in [9.17, 15) is 14.9 Å². The molecule has 0 atom stereocenters. The number of nitrogens with zero attached hydrogens (tertiary/aromatic N) is 2. The van der Waals surface area contributed by atoms with Crippen LogP contribution in [0.3, 0.4) is 0 Å². The lowest BCUT2D eigenvalue weighted by atomic mass is 10.1. The Hall–Kier alpha value is -3.25. The Balaban J connectivity index is 2.16. The Bertz CT molecular complexity index is 809. The number of carbonyl (C=O) groups excluding carboxylic acids is 2. The van der Waals surface area contributed by atoms with Gasteiger partial charge in [0.15, 0.2) is 11.5 Å². The van der Waals surface area contributed by atoms with Crippen LogP contribution in [-0.2, 0) is 23.8 Å². The number of hydrogen-bond acceptors (Lipinski definition) is 9. The Labute approximate surface area is 142 Å². The molecule has 9 nitrogen and oxygen atoms in total. The number of benzene rings is 1. The number of hydrogen-bond donors (Lipinski definition) is 0. The van der Waals surface area contributed by atoms with Gasteiger partial charge in [0.25, 0.3) is 0 Å². The molecule has 0 aromatic heterocycles. The van der Waals surface area contributed by atoms with Crippen LogP contribution in [0.2, 0.25) is 0 Å². The number of carbonyl (C=O) groups is 2. The van der Waals surface area contributed by atoms with Crippen molar-refractivity contribution in [2.75, 3.05) is 39.3 Å². The number of rotatable bonds is 3. The SMILES string of the molecule is COC(=O)C1=C(C(=O)OC)N(c2cc3c(cc2C#N)OCO3)COC1. The van der Waals surface area contributed by atoms with Gasteiger partial charge < -0.3 is 28.6 Å². The van der Waals surface area contributed by atoms with Crippen molar-refractivity contribution >= 4 is 17.6 Å². The summed E-state index contributed by atoms with van der Waals surface area (Å²) in [5.74, 6) is -0.618. The van der Waals surface area contributed by atoms with Crippen molar-refractivity contribution in [3.8, 4) is 17.6 Å². The molecule has 0 unspecified atom stereocenters. The van der Waals surface area contributed by atoms with Gasteiger partial charge in [-0.15, -0.1) is 0 Å². The summed E-state index contributed by atoms with van der Waals surface area (Å²) >= 11 is 0. The highest BCUT2D eigenvalue weighted by Gasteiger charge is 2.34. The van der Waals surface area contributed by atoms with Gasteiger partial charge in [-0.3, -0.25) is 0 Å². The molecule has 25 heavy (non-hydrogen) atoms. The average molecular weight is 346 g/mol. The largest absolute Gasteiger partial charge is 0.466 e. The van der Waals surface area contributed by atoms with Gasteiger partial charge in [-0.05, 0) is 0 Å². The monoisotopic (exact) mass is 346 g/mol. The van der Waals surface area contributed by atoms with E-state index in [1.807, 2.05) is 6.07 Å². The minimum atomic E-state index is -0.745. The van der Waals surface area contributed by atoms with Crippen molar-refractivity contribution in [1.29, 1.82) is 5.26 Å². The Morgan fingerprint density at radius 3 is 2.48 bits per heavy atom. The summed E-state index contributed by atoms with van der Waals surface area (Å²) in [7, 11) is 2.40. The van der Waals surface area contributed by atoms with E-state index in [1.54, 1.807) is 6.07 Å². The molecule has 0 radical (unpaired) electrons. The average Bonchev–Trinajstić information content (AvgIpc) is 3.12. The molecule has 0 aliphatic carbocycles. The Kier molecular flexibility index (Phi) is 4.45. The topological polar surface area (TPSA) is 107 Å². The van der Waals surface area contributed by atoms with E-state index < -0.39 is 11.9 Å². The van der Waals surface area contributed by atoms with Gasteiger partial charge in [-0.25, -0.2) is 9.59 Å². The number of fused-ring (bicyclic) bond motifs is 1. The second kappa shape index (κ2) is 6.70. The van der Waals surface area contributed by atoms with Crippen LogP contribution in [0.25, 0.3) is 0 Å².